The summed E-state index contributed by atoms with van der Waals surface area (Å²) in [6.07, 6.45) is -54.8. The second kappa shape index (κ2) is 23.1. The molecule has 9 rings (SSSR count). The van der Waals surface area contributed by atoms with Gasteiger partial charge < -0.3 is 4.57 Å². The molecule has 0 aliphatic carbocycles. The molecule has 0 N–H and O–H groups in total. The smallest absolute Gasteiger partial charge is 0.341 e. The van der Waals surface area contributed by atoms with Gasteiger partial charge >= 0.3 is 70.6 Å². The Balaban J connectivity index is 0.000000271. The zero-order valence-electron chi connectivity index (χ0n) is 43.3. The van der Waals surface area contributed by atoms with Crippen molar-refractivity contribution in [1.82, 2.24) is 4.57 Å². The topological polar surface area (TPSA) is 22.0 Å². The fraction of sp³-hybridized carbons (Fsp3) is 0.169. The van der Waals surface area contributed by atoms with Gasteiger partial charge in [0.05, 0.1) is 44.5 Å². The number of ketones is 1. The number of hydrogen-bond donors (Lipinski definition) is 0. The highest BCUT2D eigenvalue weighted by molar-refractivity contribution is 7.20. The van der Waals surface area contributed by atoms with Gasteiger partial charge in [0, 0.05) is 45.5 Å². The van der Waals surface area contributed by atoms with Gasteiger partial charge in [-0.25, -0.2) is 0 Å². The molecule has 0 radical (unpaired) electrons. The summed E-state index contributed by atoms with van der Waals surface area (Å²) in [7, 11) is 0. The summed E-state index contributed by atoms with van der Waals surface area (Å²) < 4.78 is 346. The van der Waals surface area contributed by atoms with Crippen LogP contribution in [0, 0.1) is 7.14 Å². The minimum Gasteiger partial charge on any atom is -0.341 e. The minimum atomic E-state index is -6.13. The third-order valence-corrected chi connectivity index (χ3v) is 16.5. The monoisotopic (exact) mass is 1370 g/mol. The van der Waals surface area contributed by atoms with Gasteiger partial charge in [0.2, 0.25) is 0 Å². The van der Waals surface area contributed by atoms with Crippen LogP contribution in [-0.4, -0.2) is 16.5 Å². The van der Waals surface area contributed by atoms with Crippen LogP contribution in [0.2, 0.25) is 0 Å². The number of aryl methyl sites for hydroxylation is 1. The second-order valence-electron chi connectivity index (χ2n) is 19.4. The van der Waals surface area contributed by atoms with Gasteiger partial charge in [0.15, 0.2) is 12.9 Å². The zero-order chi connectivity index (χ0) is 64.4. The van der Waals surface area contributed by atoms with Crippen LogP contribution in [0.4, 0.5) is 105 Å². The summed E-state index contributed by atoms with van der Waals surface area (Å²) in [5.74, 6) is 0.0720. The fourth-order valence-corrected chi connectivity index (χ4v) is 12.4. The highest BCUT2D eigenvalue weighted by Gasteiger charge is 2.47. The fourth-order valence-electron chi connectivity index (χ4n) is 10.0. The third-order valence-electron chi connectivity index (χ3n) is 13.8. The summed E-state index contributed by atoms with van der Waals surface area (Å²) in [5, 5.41) is 2.40. The number of nitrogens with zero attached hydrogens (tertiary/aromatic N) is 1. The molecule has 0 saturated heterocycles. The van der Waals surface area contributed by atoms with Crippen LogP contribution in [0.25, 0.3) is 21.8 Å². The van der Waals surface area contributed by atoms with Crippen molar-refractivity contribution in [3.05, 3.63) is 233 Å². The first-order valence-corrected chi connectivity index (χ1v) is 26.9. The first-order chi connectivity index (χ1) is 40.0. The molecular formula is C59H33BF24INO. The van der Waals surface area contributed by atoms with Gasteiger partial charge in [-0.3, -0.25) is 4.79 Å². The van der Waals surface area contributed by atoms with Gasteiger partial charge in [0.25, 0.3) is 0 Å². The molecule has 0 saturated carbocycles. The molecule has 0 unspecified atom stereocenters. The van der Waals surface area contributed by atoms with Crippen LogP contribution < -0.4 is 43.1 Å². The Morgan fingerprint density at radius 1 is 0.333 bits per heavy atom. The predicted octanol–water partition coefficient (Wildman–Crippen LogP) is 14.4. The molecule has 0 amide bonds. The molecule has 1 heterocycles. The van der Waals surface area contributed by atoms with Crippen LogP contribution in [0.1, 0.15) is 67.4 Å². The molecule has 87 heavy (non-hydrogen) atoms. The van der Waals surface area contributed by atoms with E-state index in [0.29, 0.717) is 0 Å². The maximum Gasteiger partial charge on any atom is 0.416 e. The van der Waals surface area contributed by atoms with E-state index in [1.54, 1.807) is 0 Å². The lowest BCUT2D eigenvalue weighted by atomic mass is 9.12. The van der Waals surface area contributed by atoms with Crippen molar-refractivity contribution in [2.75, 3.05) is 0 Å². The number of rotatable bonds is 9. The van der Waals surface area contributed by atoms with Crippen LogP contribution in [0.3, 0.4) is 0 Å². The molecule has 28 heteroatoms. The van der Waals surface area contributed by atoms with Crippen LogP contribution in [0.5, 0.6) is 0 Å². The first kappa shape index (κ1) is 65.3. The Morgan fingerprint density at radius 3 is 0.920 bits per heavy atom. The van der Waals surface area contributed by atoms with Crippen molar-refractivity contribution >= 4 is 55.6 Å². The Morgan fingerprint density at radius 2 is 0.621 bits per heavy atom. The van der Waals surface area contributed by atoms with Crippen molar-refractivity contribution in [2.45, 2.75) is 62.9 Å². The quantitative estimate of drug-likeness (QED) is 0.0611. The first-order valence-electron chi connectivity index (χ1n) is 24.7. The van der Waals surface area contributed by atoms with Gasteiger partial charge in [-0.05, 0) is 73.7 Å². The molecule has 0 bridgehead atoms. The number of halogens is 25. The van der Waals surface area contributed by atoms with E-state index >= 15 is 0 Å². The molecule has 0 fully saturated rings. The summed E-state index contributed by atoms with van der Waals surface area (Å²) in [4.78, 5) is 13.0. The molecule has 0 aliphatic rings. The van der Waals surface area contributed by atoms with E-state index in [-0.39, 0.29) is 27.0 Å². The summed E-state index contributed by atoms with van der Waals surface area (Å²) >= 11 is -0.232. The molecular weight excluding hydrogens is 1330 g/mol. The number of fused-ring (bicyclic) bond motifs is 3. The molecule has 0 atom stereocenters. The van der Waals surface area contributed by atoms with E-state index in [2.05, 4.69) is 72.2 Å². The average Bonchev–Trinajstić information content (AvgIpc) is 1.24. The lowest BCUT2D eigenvalue weighted by Gasteiger charge is -2.46. The Labute approximate surface area is 485 Å². The molecule has 458 valence electrons. The van der Waals surface area contributed by atoms with E-state index in [9.17, 15) is 110 Å². The Kier molecular flexibility index (Phi) is 17.4. The summed E-state index contributed by atoms with van der Waals surface area (Å²) in [6, 6.07) is 24.4. The number of carbonyl (C=O) groups excluding carboxylic acids is 1. The van der Waals surface area contributed by atoms with Crippen LogP contribution in [-0.2, 0) is 56.0 Å². The van der Waals surface area contributed by atoms with Gasteiger partial charge in [-0.15, -0.1) is 0 Å². The van der Waals surface area contributed by atoms with Crippen molar-refractivity contribution in [2.24, 2.45) is 0 Å². The molecule has 8 aromatic carbocycles. The van der Waals surface area contributed by atoms with E-state index in [4.69, 9.17) is 0 Å². The third kappa shape index (κ3) is 14.0. The van der Waals surface area contributed by atoms with E-state index in [1.165, 1.54) is 23.6 Å². The number of benzene rings is 8. The van der Waals surface area contributed by atoms with Crippen LogP contribution in [0.15, 0.2) is 170 Å². The highest BCUT2D eigenvalue weighted by atomic mass is 127. The standard InChI is InChI=1S/C32H12BF24.C27H21INO/c34-25(35,36)13-1-14(26(37,38)39)6-21(5-13)33(22-7-15(27(40,41)42)2-16(8-22)28(43,44)45,23-9-17(29(46,47)48)3-18(10-23)30(49,50)51)24-11-19(31(52,53)54)4-20(12-24)32(55,56)57;1-2-29-25-15-13-20(27(30)19-9-5-3-6-10-19)17-23(25)24-18-22(14-16-26(24)29)28-21-11-7-4-8-12-21/h1-12H;3-18H,2H2,1H3/q-1;+1. The van der Waals surface area contributed by atoms with Crippen LogP contribution >= 0.6 is 0 Å². The number of alkyl halides is 24. The summed E-state index contributed by atoms with van der Waals surface area (Å²) in [6.45, 7) is 3.08. The summed E-state index contributed by atoms with van der Waals surface area (Å²) in [5.41, 5.74) is -26.3. The van der Waals surface area contributed by atoms with Crippen molar-refractivity contribution < 1.29 is 131 Å². The second-order valence-corrected chi connectivity index (χ2v) is 22.5. The van der Waals surface area contributed by atoms with Gasteiger partial charge in [0.1, 0.15) is 6.15 Å². The molecule has 0 aliphatic heterocycles. The predicted molar refractivity (Wildman–Crippen MR) is 269 cm³/mol. The highest BCUT2D eigenvalue weighted by Crippen LogP contribution is 2.42. The lowest BCUT2D eigenvalue weighted by molar-refractivity contribution is -0.597. The van der Waals surface area contributed by atoms with Crippen molar-refractivity contribution in [1.29, 1.82) is 0 Å². The maximum absolute atomic E-state index is 14.2. The van der Waals surface area contributed by atoms with Crippen molar-refractivity contribution in [3.8, 4) is 0 Å². The number of hydrogen-bond acceptors (Lipinski definition) is 1. The SMILES string of the molecule is CCn1c2ccc([I+]c3ccccc3)cc2c2cc(C(=O)c3ccccc3)ccc21.FC(F)(F)c1cc([B-](c2cc(C(F)(F)F)cc(C(F)(F)F)c2)(c2cc(C(F)(F)F)cc(C(F)(F)F)c2)c2cc(C(F)(F)F)cc(C(F)(F)F)c2)cc(C(F)(F)F)c1. The van der Waals surface area contributed by atoms with E-state index in [0.717, 1.165) is 23.1 Å². The lowest BCUT2D eigenvalue weighted by Crippen LogP contribution is -3.61. The maximum atomic E-state index is 14.2. The van der Waals surface area contributed by atoms with E-state index < -0.39 is 195 Å². The normalized spacial score (nSPS) is 13.3. The Hall–Kier alpha value is -7.66. The van der Waals surface area contributed by atoms with Gasteiger partial charge in [-0.1, -0.05) is 97.1 Å². The largest absolute Gasteiger partial charge is 0.416 e. The molecule has 0 spiro atoms. The van der Waals surface area contributed by atoms with Gasteiger partial charge in [-0.2, -0.15) is 127 Å². The molecule has 9 aromatic rings. The zero-order valence-corrected chi connectivity index (χ0v) is 45.4. The van der Waals surface area contributed by atoms with Crippen molar-refractivity contribution in [3.63, 3.8) is 0 Å². The molecule has 2 nitrogen and oxygen atoms in total. The molecule has 1 aromatic heterocycles. The van der Waals surface area contributed by atoms with E-state index in [1.807, 2.05) is 36.4 Å². The number of carbonyl (C=O) groups is 1. The number of aromatic nitrogens is 1. The minimum absolute atomic E-state index is 0.0720. The average molecular weight is 1370 g/mol. The Bertz CT molecular complexity index is 3580.